The number of thiophene rings is 1. The minimum atomic E-state index is -0.809. The van der Waals surface area contributed by atoms with Crippen molar-refractivity contribution < 1.29 is 19.4 Å². The average Bonchev–Trinajstić information content (AvgIpc) is 3.62. The second kappa shape index (κ2) is 11.0. The first kappa shape index (κ1) is 27.0. The van der Waals surface area contributed by atoms with Crippen molar-refractivity contribution in [1.29, 1.82) is 0 Å². The Balaban J connectivity index is 1.11. The summed E-state index contributed by atoms with van der Waals surface area (Å²) in [7, 11) is 0. The van der Waals surface area contributed by atoms with Gasteiger partial charge in [-0.05, 0) is 78.1 Å². The predicted molar refractivity (Wildman–Crippen MR) is 150 cm³/mol. The molecule has 9 heteroatoms. The molecule has 4 aliphatic heterocycles. The SMILES string of the molecule is O=C(O)[C@H]1OC2(CCN(C[C@H]3CN(Cc4ccc(Cl)cc4Cl)C[C@@H]3c3ccsc3)CC2)CC12CCOCC2. The number of piperidine rings is 1. The third kappa shape index (κ3) is 5.40. The number of benzene rings is 1. The maximum Gasteiger partial charge on any atom is 0.333 e. The van der Waals surface area contributed by atoms with Gasteiger partial charge in [0.15, 0.2) is 6.10 Å². The monoisotopic (exact) mass is 578 g/mol. The lowest BCUT2D eigenvalue weighted by Crippen LogP contribution is -2.46. The third-order valence-corrected chi connectivity index (χ3v) is 10.8. The van der Waals surface area contributed by atoms with Crippen molar-refractivity contribution in [2.75, 3.05) is 45.9 Å². The molecule has 0 bridgehead atoms. The van der Waals surface area contributed by atoms with Crippen LogP contribution in [0.15, 0.2) is 35.0 Å². The molecule has 4 aliphatic rings. The Bertz CT molecular complexity index is 1130. The van der Waals surface area contributed by atoms with E-state index in [0.717, 1.165) is 82.0 Å². The van der Waals surface area contributed by atoms with Gasteiger partial charge in [-0.2, -0.15) is 11.3 Å². The molecule has 4 saturated heterocycles. The molecule has 1 aromatic heterocycles. The number of aliphatic carboxylic acids is 1. The highest BCUT2D eigenvalue weighted by atomic mass is 35.5. The first-order valence-corrected chi connectivity index (χ1v) is 15.4. The van der Waals surface area contributed by atoms with Gasteiger partial charge in [-0.1, -0.05) is 29.3 Å². The molecule has 6 nitrogen and oxygen atoms in total. The van der Waals surface area contributed by atoms with Crippen LogP contribution in [0, 0.1) is 11.3 Å². The van der Waals surface area contributed by atoms with Crippen LogP contribution in [0.2, 0.25) is 10.0 Å². The van der Waals surface area contributed by atoms with Gasteiger partial charge in [-0.15, -0.1) is 0 Å². The van der Waals surface area contributed by atoms with Gasteiger partial charge >= 0.3 is 5.97 Å². The van der Waals surface area contributed by atoms with E-state index in [1.807, 2.05) is 18.2 Å². The van der Waals surface area contributed by atoms with E-state index in [1.165, 1.54) is 5.56 Å². The largest absolute Gasteiger partial charge is 0.479 e. The van der Waals surface area contributed by atoms with Crippen molar-refractivity contribution in [3.63, 3.8) is 0 Å². The van der Waals surface area contributed by atoms with Crippen molar-refractivity contribution in [2.24, 2.45) is 11.3 Å². The average molecular weight is 580 g/mol. The molecule has 2 spiro atoms. The molecule has 3 atom stereocenters. The Morgan fingerprint density at radius 1 is 1.08 bits per heavy atom. The number of carbonyl (C=O) groups is 1. The summed E-state index contributed by atoms with van der Waals surface area (Å²) in [6.07, 6.45) is 3.52. The summed E-state index contributed by atoms with van der Waals surface area (Å²) in [6.45, 7) is 7.10. The van der Waals surface area contributed by atoms with Gasteiger partial charge in [0.1, 0.15) is 0 Å². The van der Waals surface area contributed by atoms with Gasteiger partial charge in [-0.3, -0.25) is 4.90 Å². The Hall–Kier alpha value is -1.19. The van der Waals surface area contributed by atoms with Crippen LogP contribution in [-0.4, -0.2) is 78.5 Å². The van der Waals surface area contributed by atoms with Gasteiger partial charge in [0.05, 0.1) is 5.60 Å². The zero-order valence-electron chi connectivity index (χ0n) is 21.6. The van der Waals surface area contributed by atoms with Gasteiger partial charge in [0, 0.05) is 73.9 Å². The van der Waals surface area contributed by atoms with Gasteiger partial charge in [-0.25, -0.2) is 4.79 Å². The van der Waals surface area contributed by atoms with E-state index < -0.39 is 12.1 Å². The van der Waals surface area contributed by atoms with Gasteiger partial charge < -0.3 is 19.5 Å². The fraction of sp³-hybridized carbons (Fsp3) is 0.621. The number of likely N-dealkylation sites (tertiary alicyclic amines) is 2. The lowest BCUT2D eigenvalue weighted by atomic mass is 9.69. The van der Waals surface area contributed by atoms with Gasteiger partial charge in [0.2, 0.25) is 0 Å². The van der Waals surface area contributed by atoms with Crippen LogP contribution >= 0.6 is 34.5 Å². The fourth-order valence-electron chi connectivity index (χ4n) is 7.48. The van der Waals surface area contributed by atoms with Crippen molar-refractivity contribution in [1.82, 2.24) is 9.80 Å². The van der Waals surface area contributed by atoms with Crippen molar-refractivity contribution in [2.45, 2.75) is 56.3 Å². The summed E-state index contributed by atoms with van der Waals surface area (Å²) >= 11 is 14.4. The summed E-state index contributed by atoms with van der Waals surface area (Å²) in [6, 6.07) is 8.06. The van der Waals surface area contributed by atoms with Crippen LogP contribution in [0.3, 0.4) is 0 Å². The smallest absolute Gasteiger partial charge is 0.333 e. The molecule has 0 aliphatic carbocycles. The molecule has 1 aromatic carbocycles. The molecule has 1 N–H and O–H groups in total. The normalized spacial score (nSPS) is 29.4. The Labute approximate surface area is 238 Å². The van der Waals surface area contributed by atoms with E-state index in [4.69, 9.17) is 32.7 Å². The molecule has 5 heterocycles. The molecule has 0 unspecified atom stereocenters. The number of halogens is 2. The molecule has 6 rings (SSSR count). The second-order valence-corrected chi connectivity index (χ2v) is 13.4. The van der Waals surface area contributed by atoms with Crippen molar-refractivity contribution >= 4 is 40.5 Å². The lowest BCUT2D eigenvalue weighted by molar-refractivity contribution is -0.165. The third-order valence-electron chi connectivity index (χ3n) is 9.47. The number of nitrogens with zero attached hydrogens (tertiary/aromatic N) is 2. The maximum absolute atomic E-state index is 12.1. The van der Waals surface area contributed by atoms with E-state index in [2.05, 4.69) is 26.6 Å². The highest BCUT2D eigenvalue weighted by molar-refractivity contribution is 7.08. The Morgan fingerprint density at radius 3 is 2.55 bits per heavy atom. The van der Waals surface area contributed by atoms with E-state index >= 15 is 0 Å². The minimum absolute atomic E-state index is 0.273. The van der Waals surface area contributed by atoms with Crippen molar-refractivity contribution in [3.05, 3.63) is 56.2 Å². The summed E-state index contributed by atoms with van der Waals surface area (Å²) in [5, 5.41) is 15.8. The maximum atomic E-state index is 12.1. The van der Waals surface area contributed by atoms with E-state index in [-0.39, 0.29) is 11.0 Å². The number of ether oxygens (including phenoxy) is 2. The molecule has 0 saturated carbocycles. The zero-order valence-corrected chi connectivity index (χ0v) is 23.9. The summed E-state index contributed by atoms with van der Waals surface area (Å²) < 4.78 is 12.0. The molecule has 38 heavy (non-hydrogen) atoms. The van der Waals surface area contributed by atoms with E-state index in [0.29, 0.717) is 30.1 Å². The number of carboxylic acids is 1. The van der Waals surface area contributed by atoms with Crippen LogP contribution in [0.1, 0.15) is 49.1 Å². The van der Waals surface area contributed by atoms with Crippen LogP contribution in [-0.2, 0) is 20.8 Å². The Kier molecular flexibility index (Phi) is 7.82. The molecular weight excluding hydrogens is 543 g/mol. The summed E-state index contributed by atoms with van der Waals surface area (Å²) in [4.78, 5) is 17.3. The van der Waals surface area contributed by atoms with E-state index in [9.17, 15) is 9.90 Å². The zero-order chi connectivity index (χ0) is 26.3. The number of carboxylic acid groups (broad SMARTS) is 1. The summed E-state index contributed by atoms with van der Waals surface area (Å²) in [5.74, 6) is 0.215. The first-order valence-electron chi connectivity index (χ1n) is 13.7. The van der Waals surface area contributed by atoms with Crippen molar-refractivity contribution in [3.8, 4) is 0 Å². The quantitative estimate of drug-likeness (QED) is 0.469. The molecule has 206 valence electrons. The van der Waals surface area contributed by atoms with Gasteiger partial charge in [0.25, 0.3) is 0 Å². The fourth-order valence-corrected chi connectivity index (χ4v) is 8.67. The topological polar surface area (TPSA) is 62.2 Å². The van der Waals surface area contributed by atoms with Crippen LogP contribution in [0.4, 0.5) is 0 Å². The number of hydrogen-bond acceptors (Lipinski definition) is 6. The predicted octanol–water partition coefficient (Wildman–Crippen LogP) is 5.78. The molecule has 0 amide bonds. The summed E-state index contributed by atoms with van der Waals surface area (Å²) in [5.41, 5.74) is 1.97. The highest BCUT2D eigenvalue weighted by Crippen LogP contribution is 2.54. The molecule has 2 aromatic rings. The molecule has 0 radical (unpaired) electrons. The highest BCUT2D eigenvalue weighted by Gasteiger charge is 2.59. The Morgan fingerprint density at radius 2 is 1.87 bits per heavy atom. The first-order chi connectivity index (χ1) is 18.3. The molecular formula is C29H36Cl2N2O4S. The van der Waals surface area contributed by atoms with E-state index in [1.54, 1.807) is 11.3 Å². The van der Waals surface area contributed by atoms with Crippen LogP contribution < -0.4 is 0 Å². The number of rotatable bonds is 6. The number of hydrogen-bond donors (Lipinski definition) is 1. The lowest BCUT2D eigenvalue weighted by Gasteiger charge is -2.41. The molecule has 4 fully saturated rings. The van der Waals surface area contributed by atoms with Crippen LogP contribution in [0.5, 0.6) is 0 Å². The minimum Gasteiger partial charge on any atom is -0.479 e. The van der Waals surface area contributed by atoms with Crippen LogP contribution in [0.25, 0.3) is 0 Å². The standard InChI is InChI=1S/C29H36Cl2N2O4S/c30-23-2-1-20(25(31)13-23)14-33-16-22(24(17-33)21-3-12-38-18-21)15-32-8-4-29(5-9-32)19-28(6-10-36-11-7-28)26(37-29)27(34)35/h1-3,12-13,18,22,24,26H,4-11,14-17,19H2,(H,34,35)/t22-,24+,26+/m0/s1. The second-order valence-electron chi connectivity index (χ2n) is 11.8.